The van der Waals surface area contributed by atoms with E-state index in [0.717, 1.165) is 11.0 Å². The standard InChI is InChI=1S/C11H12N2O2/c1-15-7-9(14)6-13-8-12-10-4-2-3-5-11(10)13/h2-5,8H,6-7H2,1H3. The van der Waals surface area contributed by atoms with Crippen molar-refractivity contribution < 1.29 is 9.53 Å². The first-order valence-electron chi connectivity index (χ1n) is 4.72. The van der Waals surface area contributed by atoms with Crippen molar-refractivity contribution in [2.45, 2.75) is 6.54 Å². The van der Waals surface area contributed by atoms with Gasteiger partial charge in [0.15, 0.2) is 5.78 Å². The van der Waals surface area contributed by atoms with Crippen LogP contribution in [0.2, 0.25) is 0 Å². The first-order valence-corrected chi connectivity index (χ1v) is 4.72. The van der Waals surface area contributed by atoms with E-state index in [1.165, 1.54) is 7.11 Å². The number of hydrogen-bond donors (Lipinski definition) is 0. The normalized spacial score (nSPS) is 10.7. The largest absolute Gasteiger partial charge is 0.377 e. The Kier molecular flexibility index (Phi) is 2.78. The van der Waals surface area contributed by atoms with Crippen LogP contribution in [0.4, 0.5) is 0 Å². The summed E-state index contributed by atoms with van der Waals surface area (Å²) in [4.78, 5) is 15.6. The molecule has 0 unspecified atom stereocenters. The minimum Gasteiger partial charge on any atom is -0.377 e. The van der Waals surface area contributed by atoms with Crippen molar-refractivity contribution in [2.75, 3.05) is 13.7 Å². The maximum Gasteiger partial charge on any atom is 0.178 e. The fourth-order valence-corrected chi connectivity index (χ4v) is 1.53. The van der Waals surface area contributed by atoms with E-state index in [4.69, 9.17) is 4.74 Å². The second-order valence-corrected chi connectivity index (χ2v) is 3.33. The van der Waals surface area contributed by atoms with Gasteiger partial charge in [0, 0.05) is 7.11 Å². The quantitative estimate of drug-likeness (QED) is 0.752. The molecule has 78 valence electrons. The van der Waals surface area contributed by atoms with Crippen LogP contribution in [0.15, 0.2) is 30.6 Å². The SMILES string of the molecule is COCC(=O)Cn1cnc2ccccc21. The molecule has 0 saturated carbocycles. The highest BCUT2D eigenvalue weighted by molar-refractivity contribution is 5.82. The summed E-state index contributed by atoms with van der Waals surface area (Å²) in [6.07, 6.45) is 1.68. The average molecular weight is 204 g/mol. The van der Waals surface area contributed by atoms with Gasteiger partial charge in [0.2, 0.25) is 0 Å². The summed E-state index contributed by atoms with van der Waals surface area (Å²) < 4.78 is 6.61. The smallest absolute Gasteiger partial charge is 0.178 e. The molecule has 4 nitrogen and oxygen atoms in total. The Morgan fingerprint density at radius 2 is 2.27 bits per heavy atom. The van der Waals surface area contributed by atoms with E-state index in [2.05, 4.69) is 4.98 Å². The lowest BCUT2D eigenvalue weighted by Gasteiger charge is -2.02. The molecular formula is C11H12N2O2. The van der Waals surface area contributed by atoms with Gasteiger partial charge in [-0.05, 0) is 12.1 Å². The van der Waals surface area contributed by atoms with Gasteiger partial charge in [0.25, 0.3) is 0 Å². The van der Waals surface area contributed by atoms with Gasteiger partial charge in [0.1, 0.15) is 6.61 Å². The number of hydrogen-bond acceptors (Lipinski definition) is 3. The topological polar surface area (TPSA) is 44.1 Å². The summed E-state index contributed by atoms with van der Waals surface area (Å²) in [7, 11) is 1.52. The number of rotatable bonds is 4. The van der Waals surface area contributed by atoms with Gasteiger partial charge < -0.3 is 9.30 Å². The molecule has 0 aliphatic rings. The highest BCUT2D eigenvalue weighted by Gasteiger charge is 2.05. The Bertz CT molecular complexity index is 476. The molecule has 2 rings (SSSR count). The zero-order chi connectivity index (χ0) is 10.7. The van der Waals surface area contributed by atoms with Crippen molar-refractivity contribution in [1.29, 1.82) is 0 Å². The maximum atomic E-state index is 11.4. The molecule has 0 aliphatic carbocycles. The van der Waals surface area contributed by atoms with E-state index in [-0.39, 0.29) is 12.4 Å². The summed E-state index contributed by atoms with van der Waals surface area (Å²) in [5, 5.41) is 0. The predicted molar refractivity (Wildman–Crippen MR) is 56.6 cm³/mol. The number of methoxy groups -OCH3 is 1. The Labute approximate surface area is 87.5 Å². The molecule has 0 aliphatic heterocycles. The lowest BCUT2D eigenvalue weighted by Crippen LogP contribution is -2.14. The predicted octanol–water partition coefficient (Wildman–Crippen LogP) is 1.25. The molecule has 0 N–H and O–H groups in total. The molecule has 0 radical (unpaired) electrons. The third-order valence-corrected chi connectivity index (χ3v) is 2.18. The number of carbonyl (C=O) groups is 1. The number of carbonyl (C=O) groups excluding carboxylic acids is 1. The second-order valence-electron chi connectivity index (χ2n) is 3.33. The van der Waals surface area contributed by atoms with Crippen LogP contribution in [0, 0.1) is 0 Å². The van der Waals surface area contributed by atoms with E-state index in [0.29, 0.717) is 6.54 Å². The van der Waals surface area contributed by atoms with Crippen LogP contribution in [-0.2, 0) is 16.1 Å². The second kappa shape index (κ2) is 4.23. The van der Waals surface area contributed by atoms with Crippen LogP contribution in [0.3, 0.4) is 0 Å². The third-order valence-electron chi connectivity index (χ3n) is 2.18. The minimum atomic E-state index is 0.0423. The summed E-state index contributed by atoms with van der Waals surface area (Å²) in [5.41, 5.74) is 1.88. The zero-order valence-electron chi connectivity index (χ0n) is 8.51. The fraction of sp³-hybridized carbons (Fsp3) is 0.273. The van der Waals surface area contributed by atoms with Crippen molar-refractivity contribution in [3.8, 4) is 0 Å². The molecule has 0 fully saturated rings. The van der Waals surface area contributed by atoms with Crippen LogP contribution in [-0.4, -0.2) is 29.1 Å². The highest BCUT2D eigenvalue weighted by atomic mass is 16.5. The summed E-state index contributed by atoms with van der Waals surface area (Å²) in [6, 6.07) is 7.73. The average Bonchev–Trinajstić information content (AvgIpc) is 2.62. The number of imidazole rings is 1. The van der Waals surface area contributed by atoms with E-state index in [1.807, 2.05) is 28.8 Å². The van der Waals surface area contributed by atoms with Gasteiger partial charge in [-0.3, -0.25) is 4.79 Å². The molecule has 2 aromatic rings. The number of Topliss-reactive ketones (excluding diaryl/α,β-unsaturated/α-hetero) is 1. The minimum absolute atomic E-state index is 0.0423. The summed E-state index contributed by atoms with van der Waals surface area (Å²) in [6.45, 7) is 0.459. The number of ether oxygens (including phenoxy) is 1. The van der Waals surface area contributed by atoms with Gasteiger partial charge in [-0.1, -0.05) is 12.1 Å². The number of nitrogens with zero attached hydrogens (tertiary/aromatic N) is 2. The van der Waals surface area contributed by atoms with E-state index >= 15 is 0 Å². The van der Waals surface area contributed by atoms with Crippen LogP contribution in [0.25, 0.3) is 11.0 Å². The van der Waals surface area contributed by atoms with Gasteiger partial charge in [-0.15, -0.1) is 0 Å². The first-order chi connectivity index (χ1) is 7.31. The molecule has 0 atom stereocenters. The van der Waals surface area contributed by atoms with E-state index in [9.17, 15) is 4.79 Å². The molecule has 1 aromatic carbocycles. The molecule has 4 heteroatoms. The molecule has 0 amide bonds. The van der Waals surface area contributed by atoms with Crippen LogP contribution >= 0.6 is 0 Å². The van der Waals surface area contributed by atoms with Gasteiger partial charge >= 0.3 is 0 Å². The molecule has 1 heterocycles. The van der Waals surface area contributed by atoms with Gasteiger partial charge in [0.05, 0.1) is 23.9 Å². The Hall–Kier alpha value is -1.68. The molecule has 0 saturated heterocycles. The molecule has 1 aromatic heterocycles. The van der Waals surface area contributed by atoms with Gasteiger partial charge in [-0.2, -0.15) is 0 Å². The van der Waals surface area contributed by atoms with E-state index < -0.39 is 0 Å². The van der Waals surface area contributed by atoms with Gasteiger partial charge in [-0.25, -0.2) is 4.98 Å². The van der Waals surface area contributed by atoms with Crippen LogP contribution in [0.1, 0.15) is 0 Å². The number of aromatic nitrogens is 2. The molecule has 0 spiro atoms. The number of ketones is 1. The lowest BCUT2D eigenvalue weighted by atomic mass is 10.3. The number of benzene rings is 1. The summed E-state index contributed by atoms with van der Waals surface area (Å²) in [5.74, 6) is 0.0423. The fourth-order valence-electron chi connectivity index (χ4n) is 1.53. The molecular weight excluding hydrogens is 192 g/mol. The van der Waals surface area contributed by atoms with Crippen molar-refractivity contribution in [1.82, 2.24) is 9.55 Å². The Balaban J connectivity index is 2.25. The Morgan fingerprint density at radius 1 is 1.47 bits per heavy atom. The molecule has 0 bridgehead atoms. The number of para-hydroxylation sites is 2. The molecule has 15 heavy (non-hydrogen) atoms. The maximum absolute atomic E-state index is 11.4. The first kappa shape index (κ1) is 9.86. The lowest BCUT2D eigenvalue weighted by molar-refractivity contribution is -0.123. The van der Waals surface area contributed by atoms with Crippen LogP contribution in [0.5, 0.6) is 0 Å². The number of fused-ring (bicyclic) bond motifs is 1. The highest BCUT2D eigenvalue weighted by Crippen LogP contribution is 2.11. The van der Waals surface area contributed by atoms with Crippen molar-refractivity contribution in [3.05, 3.63) is 30.6 Å². The van der Waals surface area contributed by atoms with E-state index in [1.54, 1.807) is 6.33 Å². The van der Waals surface area contributed by atoms with Crippen LogP contribution < -0.4 is 0 Å². The van der Waals surface area contributed by atoms with Crippen molar-refractivity contribution in [3.63, 3.8) is 0 Å². The third kappa shape index (κ3) is 2.05. The Morgan fingerprint density at radius 3 is 3.07 bits per heavy atom. The monoisotopic (exact) mass is 204 g/mol. The van der Waals surface area contributed by atoms with Crippen molar-refractivity contribution >= 4 is 16.8 Å². The summed E-state index contributed by atoms with van der Waals surface area (Å²) >= 11 is 0. The zero-order valence-corrected chi connectivity index (χ0v) is 8.51. The van der Waals surface area contributed by atoms with Crippen molar-refractivity contribution in [2.24, 2.45) is 0 Å².